The number of halogens is 1. The van der Waals surface area contributed by atoms with Crippen molar-refractivity contribution in [2.24, 2.45) is 11.8 Å². The van der Waals surface area contributed by atoms with Gasteiger partial charge in [-0.15, -0.1) is 0 Å². The van der Waals surface area contributed by atoms with Crippen molar-refractivity contribution in [3.8, 4) is 5.75 Å². The molecule has 0 amide bonds. The lowest BCUT2D eigenvalue weighted by Crippen LogP contribution is -2.20. The number of nitro groups is 1. The number of nitrogens with zero attached hydrogens (tertiary/aromatic N) is 1. The largest absolute Gasteiger partial charge is 0.490 e. The van der Waals surface area contributed by atoms with E-state index in [0.29, 0.717) is 22.4 Å². The summed E-state index contributed by atoms with van der Waals surface area (Å²) in [5, 5.41) is 11.0. The molecule has 0 aliphatic rings. The molecule has 0 aliphatic carbocycles. The van der Waals surface area contributed by atoms with Gasteiger partial charge in [-0.25, -0.2) is 0 Å². The fraction of sp³-hybridized carbons (Fsp3) is 0.571. The standard InChI is InChI=1S/C14H20BrNO3/c1-9(2)12(10(3)15)7-11-5-6-14(19-4)13(8-11)16(17)18/h5-6,8-10,12H,7H2,1-4H3. The first-order valence-electron chi connectivity index (χ1n) is 6.32. The second kappa shape index (κ2) is 6.89. The maximum atomic E-state index is 11.0. The first-order valence-corrected chi connectivity index (χ1v) is 7.23. The molecule has 4 nitrogen and oxygen atoms in total. The van der Waals surface area contributed by atoms with Crippen LogP contribution in [0, 0.1) is 22.0 Å². The van der Waals surface area contributed by atoms with E-state index in [1.165, 1.54) is 7.11 Å². The number of benzene rings is 1. The molecular formula is C14H20BrNO3. The van der Waals surface area contributed by atoms with E-state index < -0.39 is 4.92 Å². The van der Waals surface area contributed by atoms with Gasteiger partial charge < -0.3 is 4.74 Å². The third kappa shape index (κ3) is 4.20. The molecule has 2 unspecified atom stereocenters. The van der Waals surface area contributed by atoms with Gasteiger partial charge in [-0.2, -0.15) is 0 Å². The predicted molar refractivity (Wildman–Crippen MR) is 80.1 cm³/mol. The number of ether oxygens (including phenoxy) is 1. The molecule has 0 fully saturated rings. The summed E-state index contributed by atoms with van der Waals surface area (Å²) < 4.78 is 5.01. The van der Waals surface area contributed by atoms with Gasteiger partial charge in [0.05, 0.1) is 12.0 Å². The van der Waals surface area contributed by atoms with Crippen LogP contribution in [0.2, 0.25) is 0 Å². The van der Waals surface area contributed by atoms with E-state index in [-0.39, 0.29) is 5.69 Å². The Morgan fingerprint density at radius 1 is 1.37 bits per heavy atom. The molecule has 0 aliphatic heterocycles. The molecule has 1 aromatic carbocycles. The highest BCUT2D eigenvalue weighted by Gasteiger charge is 2.21. The van der Waals surface area contributed by atoms with Gasteiger partial charge in [-0.3, -0.25) is 10.1 Å². The third-order valence-corrected chi connectivity index (χ3v) is 4.04. The maximum Gasteiger partial charge on any atom is 0.311 e. The first-order chi connectivity index (χ1) is 8.86. The summed E-state index contributed by atoms with van der Waals surface area (Å²) in [5.41, 5.74) is 1.00. The van der Waals surface area contributed by atoms with Crippen LogP contribution in [0.4, 0.5) is 5.69 Å². The lowest BCUT2D eigenvalue weighted by Gasteiger charge is -2.23. The number of nitro benzene ring substituents is 1. The van der Waals surface area contributed by atoms with Crippen LogP contribution >= 0.6 is 15.9 Å². The summed E-state index contributed by atoms with van der Waals surface area (Å²) in [4.78, 5) is 11.0. The van der Waals surface area contributed by atoms with Crippen LogP contribution in [0.1, 0.15) is 26.3 Å². The number of methoxy groups -OCH3 is 1. The van der Waals surface area contributed by atoms with E-state index in [0.717, 1.165) is 12.0 Å². The maximum absolute atomic E-state index is 11.0. The smallest absolute Gasteiger partial charge is 0.311 e. The third-order valence-electron chi connectivity index (χ3n) is 3.36. The van der Waals surface area contributed by atoms with Crippen LogP contribution in [0.15, 0.2) is 18.2 Å². The van der Waals surface area contributed by atoms with Crippen LogP contribution in [-0.4, -0.2) is 16.9 Å². The average Bonchev–Trinajstić information content (AvgIpc) is 2.34. The summed E-state index contributed by atoms with van der Waals surface area (Å²) in [7, 11) is 1.44. The molecule has 0 radical (unpaired) electrons. The van der Waals surface area contributed by atoms with Crippen molar-refractivity contribution >= 4 is 21.6 Å². The Labute approximate surface area is 122 Å². The quantitative estimate of drug-likeness (QED) is 0.446. The zero-order valence-electron chi connectivity index (χ0n) is 11.7. The molecule has 106 valence electrons. The van der Waals surface area contributed by atoms with Gasteiger partial charge >= 0.3 is 5.69 Å². The molecule has 1 rings (SSSR count). The van der Waals surface area contributed by atoms with E-state index >= 15 is 0 Å². The van der Waals surface area contributed by atoms with Gasteiger partial charge in [-0.05, 0) is 29.9 Å². The number of hydrogen-bond acceptors (Lipinski definition) is 3. The highest BCUT2D eigenvalue weighted by molar-refractivity contribution is 9.09. The van der Waals surface area contributed by atoms with Crippen LogP contribution in [0.25, 0.3) is 0 Å². The van der Waals surface area contributed by atoms with E-state index in [2.05, 4.69) is 36.7 Å². The Morgan fingerprint density at radius 2 is 2.00 bits per heavy atom. The number of rotatable bonds is 6. The first kappa shape index (κ1) is 16.0. The van der Waals surface area contributed by atoms with E-state index in [1.807, 2.05) is 6.07 Å². The lowest BCUT2D eigenvalue weighted by molar-refractivity contribution is -0.385. The van der Waals surface area contributed by atoms with Crippen molar-refractivity contribution in [2.45, 2.75) is 32.0 Å². The molecule has 0 spiro atoms. The minimum Gasteiger partial charge on any atom is -0.490 e. The second-order valence-electron chi connectivity index (χ2n) is 5.05. The summed E-state index contributed by atoms with van der Waals surface area (Å²) in [6.07, 6.45) is 0.814. The Morgan fingerprint density at radius 3 is 2.42 bits per heavy atom. The predicted octanol–water partition coefficient (Wildman–Crippen LogP) is 4.20. The van der Waals surface area contributed by atoms with Crippen LogP contribution in [-0.2, 0) is 6.42 Å². The van der Waals surface area contributed by atoms with Gasteiger partial charge in [0, 0.05) is 10.9 Å². The van der Waals surface area contributed by atoms with Gasteiger partial charge in [0.25, 0.3) is 0 Å². The average molecular weight is 330 g/mol. The van der Waals surface area contributed by atoms with Crippen molar-refractivity contribution in [1.29, 1.82) is 0 Å². The molecule has 5 heteroatoms. The molecule has 0 heterocycles. The van der Waals surface area contributed by atoms with Crippen molar-refractivity contribution in [1.82, 2.24) is 0 Å². The Kier molecular flexibility index (Phi) is 5.79. The van der Waals surface area contributed by atoms with E-state index in [1.54, 1.807) is 12.1 Å². The molecule has 0 bridgehead atoms. The number of hydrogen-bond donors (Lipinski definition) is 0. The SMILES string of the molecule is COc1ccc(CC(C(C)C)C(C)Br)cc1[N+](=O)[O-]. The van der Waals surface area contributed by atoms with Gasteiger partial charge in [-0.1, -0.05) is 42.8 Å². The minimum atomic E-state index is -0.399. The lowest BCUT2D eigenvalue weighted by atomic mass is 9.87. The van der Waals surface area contributed by atoms with E-state index in [9.17, 15) is 10.1 Å². The normalized spacial score (nSPS) is 14.2. The van der Waals surface area contributed by atoms with Gasteiger partial charge in [0.2, 0.25) is 0 Å². The molecule has 0 aromatic heterocycles. The molecule has 0 saturated heterocycles. The van der Waals surface area contributed by atoms with Crippen molar-refractivity contribution in [3.05, 3.63) is 33.9 Å². The fourth-order valence-corrected chi connectivity index (χ4v) is 3.00. The molecule has 0 saturated carbocycles. The Bertz CT molecular complexity index is 438. The topological polar surface area (TPSA) is 52.4 Å². The van der Waals surface area contributed by atoms with Crippen LogP contribution in [0.3, 0.4) is 0 Å². The van der Waals surface area contributed by atoms with Gasteiger partial charge in [0.1, 0.15) is 0 Å². The van der Waals surface area contributed by atoms with Crippen molar-refractivity contribution in [3.63, 3.8) is 0 Å². The Balaban J connectivity index is 3.02. The molecule has 1 aromatic rings. The highest BCUT2D eigenvalue weighted by Crippen LogP contribution is 2.31. The molecular weight excluding hydrogens is 310 g/mol. The van der Waals surface area contributed by atoms with Crippen molar-refractivity contribution in [2.75, 3.05) is 7.11 Å². The van der Waals surface area contributed by atoms with Crippen molar-refractivity contribution < 1.29 is 9.66 Å². The minimum absolute atomic E-state index is 0.0322. The zero-order chi connectivity index (χ0) is 14.6. The molecule has 2 atom stereocenters. The second-order valence-corrected chi connectivity index (χ2v) is 6.50. The fourth-order valence-electron chi connectivity index (χ4n) is 2.21. The number of alkyl halides is 1. The summed E-state index contributed by atoms with van der Waals surface area (Å²) in [6, 6.07) is 5.18. The zero-order valence-corrected chi connectivity index (χ0v) is 13.3. The van der Waals surface area contributed by atoms with Crippen LogP contribution in [0.5, 0.6) is 5.75 Å². The van der Waals surface area contributed by atoms with Gasteiger partial charge in [0.15, 0.2) is 5.75 Å². The molecule has 0 N–H and O–H groups in total. The Hall–Kier alpha value is -1.10. The van der Waals surface area contributed by atoms with E-state index in [4.69, 9.17) is 4.74 Å². The monoisotopic (exact) mass is 329 g/mol. The highest BCUT2D eigenvalue weighted by atomic mass is 79.9. The molecule has 19 heavy (non-hydrogen) atoms. The summed E-state index contributed by atoms with van der Waals surface area (Å²) >= 11 is 3.62. The summed E-state index contributed by atoms with van der Waals surface area (Å²) in [6.45, 7) is 6.45. The van der Waals surface area contributed by atoms with Crippen LogP contribution < -0.4 is 4.74 Å². The summed E-state index contributed by atoms with van der Waals surface area (Å²) in [5.74, 6) is 1.25.